The minimum Gasteiger partial charge on any atom is -0.448 e. The highest BCUT2D eigenvalue weighted by molar-refractivity contribution is 7.89. The molecule has 2 atom stereocenters. The van der Waals surface area contributed by atoms with E-state index in [1.54, 1.807) is 12.1 Å². The van der Waals surface area contributed by atoms with E-state index >= 15 is 0 Å². The van der Waals surface area contributed by atoms with Crippen LogP contribution in [0.3, 0.4) is 0 Å². The highest BCUT2D eigenvalue weighted by Gasteiger charge is 2.38. The zero-order valence-corrected chi connectivity index (χ0v) is 20.0. The van der Waals surface area contributed by atoms with E-state index < -0.39 is 22.2 Å². The van der Waals surface area contributed by atoms with Crippen molar-refractivity contribution in [3.63, 3.8) is 0 Å². The standard InChI is InChI=1S/C24H28ClN3O4S/c1-17-5-4-6-20(28(17)33(30,31)21-11-9-19(25)10-12-21)16-32-24(29)26-14-13-18-15-27-23-8-3-2-7-22(18)23/h2-3,7-12,15,17,20,27H,4-6,13-14,16H2,1H3,(H,26,29)/t17-,20-/m1/s1. The molecule has 2 N–H and O–H groups in total. The lowest BCUT2D eigenvalue weighted by Gasteiger charge is -2.39. The largest absolute Gasteiger partial charge is 0.448 e. The summed E-state index contributed by atoms with van der Waals surface area (Å²) in [6.07, 6.45) is 4.35. The van der Waals surface area contributed by atoms with Crippen molar-refractivity contribution in [3.8, 4) is 0 Å². The summed E-state index contributed by atoms with van der Waals surface area (Å²) >= 11 is 5.92. The highest BCUT2D eigenvalue weighted by Crippen LogP contribution is 2.30. The summed E-state index contributed by atoms with van der Waals surface area (Å²) in [7, 11) is -3.73. The number of piperidine rings is 1. The van der Waals surface area contributed by atoms with Gasteiger partial charge in [-0.05, 0) is 62.1 Å². The zero-order valence-electron chi connectivity index (χ0n) is 18.5. The summed E-state index contributed by atoms with van der Waals surface area (Å²) < 4.78 is 33.5. The normalized spacial score (nSPS) is 19.5. The predicted octanol–water partition coefficient (Wildman–Crippen LogP) is 4.72. The number of para-hydroxylation sites is 1. The van der Waals surface area contributed by atoms with Crippen LogP contribution < -0.4 is 5.32 Å². The molecule has 0 unspecified atom stereocenters. The molecule has 0 radical (unpaired) electrons. The predicted molar refractivity (Wildman–Crippen MR) is 129 cm³/mol. The molecule has 4 rings (SSSR count). The molecule has 1 saturated heterocycles. The third kappa shape index (κ3) is 5.34. The Morgan fingerprint density at radius 1 is 1.18 bits per heavy atom. The Morgan fingerprint density at radius 2 is 1.94 bits per heavy atom. The maximum atomic E-state index is 13.3. The van der Waals surface area contributed by atoms with Gasteiger partial charge in [-0.25, -0.2) is 13.2 Å². The Labute approximate surface area is 199 Å². The first-order valence-corrected chi connectivity index (χ1v) is 12.9. The van der Waals surface area contributed by atoms with Crippen molar-refractivity contribution in [1.29, 1.82) is 0 Å². The van der Waals surface area contributed by atoms with E-state index in [4.69, 9.17) is 16.3 Å². The van der Waals surface area contributed by atoms with Crippen LogP contribution in [0.4, 0.5) is 4.79 Å². The number of carbonyl (C=O) groups is 1. The van der Waals surface area contributed by atoms with Gasteiger partial charge in [-0.1, -0.05) is 36.2 Å². The van der Waals surface area contributed by atoms with Gasteiger partial charge in [0.05, 0.1) is 10.9 Å². The third-order valence-corrected chi connectivity index (χ3v) is 8.42. The van der Waals surface area contributed by atoms with E-state index in [1.165, 1.54) is 16.4 Å². The van der Waals surface area contributed by atoms with Crippen molar-refractivity contribution in [2.75, 3.05) is 13.2 Å². The number of hydrogen-bond acceptors (Lipinski definition) is 4. The first kappa shape index (κ1) is 23.6. The molecule has 33 heavy (non-hydrogen) atoms. The van der Waals surface area contributed by atoms with E-state index in [2.05, 4.69) is 10.3 Å². The second-order valence-electron chi connectivity index (χ2n) is 8.36. The van der Waals surface area contributed by atoms with Gasteiger partial charge in [0.25, 0.3) is 0 Å². The number of H-pyrrole nitrogens is 1. The van der Waals surface area contributed by atoms with Crippen molar-refractivity contribution in [2.45, 2.75) is 49.6 Å². The number of nitrogens with one attached hydrogen (secondary N) is 2. The molecule has 9 heteroatoms. The topological polar surface area (TPSA) is 91.5 Å². The van der Waals surface area contributed by atoms with Crippen LogP contribution in [-0.2, 0) is 21.2 Å². The van der Waals surface area contributed by atoms with E-state index in [0.29, 0.717) is 24.4 Å². The fourth-order valence-electron chi connectivity index (χ4n) is 4.44. The molecule has 1 aliphatic heterocycles. The van der Waals surface area contributed by atoms with E-state index in [9.17, 15) is 13.2 Å². The number of sulfonamides is 1. The van der Waals surface area contributed by atoms with E-state index in [-0.39, 0.29) is 17.5 Å². The summed E-state index contributed by atoms with van der Waals surface area (Å²) in [4.78, 5) is 15.7. The van der Waals surface area contributed by atoms with Crippen molar-refractivity contribution in [3.05, 3.63) is 65.3 Å². The molecule has 0 saturated carbocycles. The Balaban J connectivity index is 1.34. The summed E-state index contributed by atoms with van der Waals surface area (Å²) in [6.45, 7) is 2.32. The van der Waals surface area contributed by atoms with Crippen LogP contribution in [0.5, 0.6) is 0 Å². The first-order valence-electron chi connectivity index (χ1n) is 11.1. The number of benzene rings is 2. The van der Waals surface area contributed by atoms with Crippen molar-refractivity contribution >= 4 is 38.6 Å². The number of nitrogens with zero attached hydrogens (tertiary/aromatic N) is 1. The molecule has 1 amide bonds. The number of carbonyl (C=O) groups excluding carboxylic acids is 1. The van der Waals surface area contributed by atoms with E-state index in [0.717, 1.165) is 29.3 Å². The first-order chi connectivity index (χ1) is 15.9. The van der Waals surface area contributed by atoms with Crippen molar-refractivity contribution < 1.29 is 17.9 Å². The molecule has 0 aliphatic carbocycles. The molecule has 1 aliphatic rings. The molecular formula is C24H28ClN3O4S. The van der Waals surface area contributed by atoms with Crippen LogP contribution in [0.15, 0.2) is 59.6 Å². The van der Waals surface area contributed by atoms with Crippen LogP contribution in [0.2, 0.25) is 5.02 Å². The summed E-state index contributed by atoms with van der Waals surface area (Å²) in [5, 5.41) is 4.38. The number of rotatable bonds is 7. The van der Waals surface area contributed by atoms with Gasteiger partial charge in [-0.15, -0.1) is 0 Å². The quantitative estimate of drug-likeness (QED) is 0.502. The maximum Gasteiger partial charge on any atom is 0.407 e. The Hall–Kier alpha value is -2.55. The fourth-order valence-corrected chi connectivity index (χ4v) is 6.43. The molecule has 2 aromatic carbocycles. The molecule has 0 bridgehead atoms. The summed E-state index contributed by atoms with van der Waals surface area (Å²) in [5.74, 6) is 0. The molecule has 1 aromatic heterocycles. The number of hydrogen-bond donors (Lipinski definition) is 2. The fraction of sp³-hybridized carbons (Fsp3) is 0.375. The monoisotopic (exact) mass is 489 g/mol. The SMILES string of the molecule is C[C@@H]1CCC[C@H](COC(=O)NCCc2c[nH]c3ccccc23)N1S(=O)(=O)c1ccc(Cl)cc1. The zero-order chi connectivity index (χ0) is 23.4. The number of aromatic amines is 1. The minimum absolute atomic E-state index is 0.01000. The van der Waals surface area contributed by atoms with Crippen LogP contribution in [-0.4, -0.2) is 49.0 Å². The van der Waals surface area contributed by atoms with Gasteiger partial charge < -0.3 is 15.0 Å². The molecule has 1 fully saturated rings. The van der Waals surface area contributed by atoms with Gasteiger partial charge in [0.1, 0.15) is 6.61 Å². The summed E-state index contributed by atoms with van der Waals surface area (Å²) in [6, 6.07) is 13.6. The lowest BCUT2D eigenvalue weighted by Crippen LogP contribution is -2.51. The molecule has 0 spiro atoms. The van der Waals surface area contributed by atoms with E-state index in [1.807, 2.05) is 37.4 Å². The van der Waals surface area contributed by atoms with Crippen LogP contribution in [0.1, 0.15) is 31.7 Å². The lowest BCUT2D eigenvalue weighted by molar-refractivity contribution is 0.0894. The Bertz CT molecular complexity index is 1210. The van der Waals surface area contributed by atoms with Crippen molar-refractivity contribution in [1.82, 2.24) is 14.6 Å². The number of aromatic nitrogens is 1. The molecular weight excluding hydrogens is 462 g/mol. The summed E-state index contributed by atoms with van der Waals surface area (Å²) in [5.41, 5.74) is 2.18. The second kappa shape index (κ2) is 10.2. The highest BCUT2D eigenvalue weighted by atomic mass is 35.5. The van der Waals surface area contributed by atoms with Gasteiger partial charge in [0.2, 0.25) is 10.0 Å². The van der Waals surface area contributed by atoms with Gasteiger partial charge in [0, 0.05) is 34.7 Å². The van der Waals surface area contributed by atoms with Crippen LogP contribution in [0.25, 0.3) is 10.9 Å². The van der Waals surface area contributed by atoms with Gasteiger partial charge in [-0.3, -0.25) is 0 Å². The number of ether oxygens (including phenoxy) is 1. The Kier molecular flexibility index (Phi) is 7.26. The number of halogens is 1. The van der Waals surface area contributed by atoms with Crippen molar-refractivity contribution in [2.24, 2.45) is 0 Å². The Morgan fingerprint density at radius 3 is 2.73 bits per heavy atom. The number of alkyl carbamates (subject to hydrolysis) is 1. The minimum atomic E-state index is -3.73. The average molecular weight is 490 g/mol. The lowest BCUT2D eigenvalue weighted by atomic mass is 10.0. The third-order valence-electron chi connectivity index (χ3n) is 6.09. The molecule has 3 aromatic rings. The van der Waals surface area contributed by atoms with Gasteiger partial charge >= 0.3 is 6.09 Å². The molecule has 2 heterocycles. The number of amides is 1. The van der Waals surface area contributed by atoms with Crippen LogP contribution in [0, 0.1) is 0 Å². The molecule has 176 valence electrons. The molecule has 7 nitrogen and oxygen atoms in total. The second-order valence-corrected chi connectivity index (χ2v) is 10.6. The average Bonchev–Trinajstić information content (AvgIpc) is 3.21. The van der Waals surface area contributed by atoms with Gasteiger partial charge in [-0.2, -0.15) is 4.31 Å². The smallest absolute Gasteiger partial charge is 0.407 e. The number of fused-ring (bicyclic) bond motifs is 1. The maximum absolute atomic E-state index is 13.3. The van der Waals surface area contributed by atoms with Gasteiger partial charge in [0.15, 0.2) is 0 Å². The van der Waals surface area contributed by atoms with Crippen LogP contribution >= 0.6 is 11.6 Å².